The number of carbonyl (C=O) groups is 1. The van der Waals surface area contributed by atoms with Crippen LogP contribution in [-0.4, -0.2) is 12.6 Å². The zero-order chi connectivity index (χ0) is 18.2. The van der Waals surface area contributed by atoms with E-state index in [0.29, 0.717) is 0 Å². The van der Waals surface area contributed by atoms with Gasteiger partial charge in [-0.15, -0.1) is 6.42 Å². The highest BCUT2D eigenvalue weighted by molar-refractivity contribution is 6.31. The third kappa shape index (κ3) is 6.22. The van der Waals surface area contributed by atoms with Crippen LogP contribution in [0.4, 0.5) is 28.2 Å². The van der Waals surface area contributed by atoms with E-state index in [1.807, 2.05) is 5.92 Å². The molecule has 1 rings (SSSR count). The second-order valence-electron chi connectivity index (χ2n) is 4.21. The van der Waals surface area contributed by atoms with Crippen LogP contribution < -0.4 is 10.6 Å². The summed E-state index contributed by atoms with van der Waals surface area (Å²) in [5.41, 5.74) is -1.13. The molecule has 2 N–H and O–H groups in total. The fourth-order valence-corrected chi connectivity index (χ4v) is 1.69. The first-order chi connectivity index (χ1) is 11.3. The van der Waals surface area contributed by atoms with Crippen LogP contribution in [0.15, 0.2) is 42.2 Å². The highest BCUT2D eigenvalue weighted by Crippen LogP contribution is 2.36. The predicted molar refractivity (Wildman–Crippen MR) is 81.7 cm³/mol. The molecule has 9 heteroatoms. The molecule has 1 aromatic rings. The van der Waals surface area contributed by atoms with Gasteiger partial charge >= 0.3 is 12.2 Å². The highest BCUT2D eigenvalue weighted by Gasteiger charge is 2.33. The van der Waals surface area contributed by atoms with Crippen molar-refractivity contribution in [3.8, 4) is 12.3 Å². The first kappa shape index (κ1) is 19.4. The monoisotopic (exact) mass is 362 g/mol. The van der Waals surface area contributed by atoms with Gasteiger partial charge < -0.3 is 10.6 Å². The Balaban J connectivity index is 2.59. The van der Waals surface area contributed by atoms with Gasteiger partial charge in [-0.3, -0.25) is 4.94 Å². The molecule has 0 atom stereocenters. The van der Waals surface area contributed by atoms with Gasteiger partial charge in [-0.1, -0.05) is 23.8 Å². The summed E-state index contributed by atoms with van der Waals surface area (Å²) in [5, 5.41) is 4.11. The van der Waals surface area contributed by atoms with Gasteiger partial charge in [0, 0.05) is 16.8 Å². The van der Waals surface area contributed by atoms with E-state index in [1.165, 1.54) is 18.2 Å². The van der Waals surface area contributed by atoms with E-state index >= 15 is 0 Å². The Kier molecular flexibility index (Phi) is 7.14. The van der Waals surface area contributed by atoms with Gasteiger partial charge in [0.25, 0.3) is 0 Å². The quantitative estimate of drug-likeness (QED) is 0.352. The van der Waals surface area contributed by atoms with Crippen LogP contribution in [0.25, 0.3) is 0 Å². The Morgan fingerprint density at radius 3 is 2.71 bits per heavy atom. The number of hydrogen-bond donors (Lipinski definition) is 2. The van der Waals surface area contributed by atoms with Gasteiger partial charge in [0.1, 0.15) is 0 Å². The molecule has 0 aliphatic heterocycles. The second-order valence-corrected chi connectivity index (χ2v) is 4.62. The number of hydrogen-bond acceptors (Lipinski definition) is 2. The van der Waals surface area contributed by atoms with E-state index in [-0.39, 0.29) is 18.0 Å². The molecule has 128 valence electrons. The molecule has 0 saturated heterocycles. The van der Waals surface area contributed by atoms with Crippen LogP contribution in [0, 0.1) is 12.3 Å². The van der Waals surface area contributed by atoms with Crippen molar-refractivity contribution in [1.29, 1.82) is 0 Å². The Morgan fingerprint density at radius 1 is 1.42 bits per heavy atom. The molecular formula is C15H11ClF4N2O2. The summed E-state index contributed by atoms with van der Waals surface area (Å²) in [7, 11) is 0. The van der Waals surface area contributed by atoms with E-state index in [9.17, 15) is 22.5 Å². The van der Waals surface area contributed by atoms with Gasteiger partial charge in [0.2, 0.25) is 5.76 Å². The SMILES string of the molecule is C#C/C(=C\C=C/CNC(=O)Nc1ccc(Cl)c(C(F)(F)F)c1)OF. The predicted octanol–water partition coefficient (Wildman–Crippen LogP) is 4.45. The molecule has 0 saturated carbocycles. The fraction of sp³-hybridized carbons (Fsp3) is 0.133. The summed E-state index contributed by atoms with van der Waals surface area (Å²) < 4.78 is 49.9. The average molecular weight is 363 g/mol. The van der Waals surface area contributed by atoms with Crippen molar-refractivity contribution < 1.29 is 27.4 Å². The molecule has 0 aliphatic rings. The number of terminal acetylenes is 1. The van der Waals surface area contributed by atoms with Crippen LogP contribution in [0.2, 0.25) is 5.02 Å². The van der Waals surface area contributed by atoms with Crippen molar-refractivity contribution in [3.05, 3.63) is 52.8 Å². The first-order valence-electron chi connectivity index (χ1n) is 6.31. The minimum absolute atomic E-state index is 0.0200. The maximum Gasteiger partial charge on any atom is 0.417 e. The number of carbonyl (C=O) groups excluding carboxylic acids is 1. The molecule has 4 nitrogen and oxygen atoms in total. The lowest BCUT2D eigenvalue weighted by Crippen LogP contribution is -2.28. The van der Waals surface area contributed by atoms with Gasteiger partial charge in [0.05, 0.1) is 10.6 Å². The molecule has 0 unspecified atom stereocenters. The minimum Gasteiger partial charge on any atom is -0.334 e. The number of nitrogens with one attached hydrogen (secondary N) is 2. The Labute approximate surface area is 140 Å². The standard InChI is InChI=1S/C15H11ClF4N2O2/c1-2-11(24-20)5-3-4-8-21-14(23)22-10-6-7-13(16)12(9-10)15(17,18)19/h1,3-7,9H,8H2,(H2,21,22,23)/b4-3-,11-5+. The number of amides is 2. The molecule has 0 spiro atoms. The Morgan fingerprint density at radius 2 is 2.12 bits per heavy atom. The molecule has 0 aromatic heterocycles. The van der Waals surface area contributed by atoms with Crippen molar-refractivity contribution in [1.82, 2.24) is 5.32 Å². The van der Waals surface area contributed by atoms with E-state index in [0.717, 1.165) is 18.2 Å². The molecule has 0 bridgehead atoms. The number of halogens is 5. The van der Waals surface area contributed by atoms with Crippen LogP contribution in [-0.2, 0) is 11.1 Å². The summed E-state index contributed by atoms with van der Waals surface area (Å²) in [5.74, 6) is 1.57. The van der Waals surface area contributed by atoms with Gasteiger partial charge in [-0.05, 0) is 30.2 Å². The lowest BCUT2D eigenvalue weighted by molar-refractivity contribution is -0.137. The molecule has 0 radical (unpaired) electrons. The molecule has 24 heavy (non-hydrogen) atoms. The summed E-state index contributed by atoms with van der Waals surface area (Å²) in [6.45, 7) is 0.0200. The minimum atomic E-state index is -4.63. The molecule has 0 aliphatic carbocycles. The number of urea groups is 1. The van der Waals surface area contributed by atoms with Crippen LogP contribution in [0.3, 0.4) is 0 Å². The number of rotatable bonds is 5. The third-order valence-electron chi connectivity index (χ3n) is 2.52. The van der Waals surface area contributed by atoms with Gasteiger partial charge in [-0.25, -0.2) is 4.79 Å². The highest BCUT2D eigenvalue weighted by atomic mass is 35.5. The molecular weight excluding hydrogens is 352 g/mol. The number of allylic oxidation sites excluding steroid dienone is 3. The van der Waals surface area contributed by atoms with E-state index in [2.05, 4.69) is 15.6 Å². The van der Waals surface area contributed by atoms with Crippen molar-refractivity contribution in [2.75, 3.05) is 11.9 Å². The molecule has 2 amide bonds. The summed E-state index contributed by atoms with van der Waals surface area (Å²) in [6.07, 6.45) is 4.16. The zero-order valence-corrected chi connectivity index (χ0v) is 12.7. The van der Waals surface area contributed by atoms with Gasteiger partial charge in [-0.2, -0.15) is 13.2 Å². The summed E-state index contributed by atoms with van der Waals surface area (Å²) in [4.78, 5) is 14.9. The summed E-state index contributed by atoms with van der Waals surface area (Å²) in [6, 6.07) is 2.24. The number of benzene rings is 1. The topological polar surface area (TPSA) is 50.4 Å². The normalized spacial score (nSPS) is 11.9. The number of alkyl halides is 3. The number of anilines is 1. The zero-order valence-electron chi connectivity index (χ0n) is 12.0. The fourth-order valence-electron chi connectivity index (χ4n) is 1.47. The van der Waals surface area contributed by atoms with Gasteiger partial charge in [0.15, 0.2) is 0 Å². The van der Waals surface area contributed by atoms with E-state index < -0.39 is 22.8 Å². The van der Waals surface area contributed by atoms with Crippen molar-refractivity contribution >= 4 is 23.3 Å². The van der Waals surface area contributed by atoms with Crippen molar-refractivity contribution in [2.24, 2.45) is 0 Å². The Hall–Kier alpha value is -2.66. The van der Waals surface area contributed by atoms with E-state index in [4.69, 9.17) is 18.0 Å². The molecule has 1 aromatic carbocycles. The van der Waals surface area contributed by atoms with Crippen LogP contribution >= 0.6 is 11.6 Å². The van der Waals surface area contributed by atoms with Crippen molar-refractivity contribution in [2.45, 2.75) is 6.18 Å². The largest absolute Gasteiger partial charge is 0.417 e. The second kappa shape index (κ2) is 8.84. The third-order valence-corrected chi connectivity index (χ3v) is 2.85. The average Bonchev–Trinajstić information content (AvgIpc) is 2.51. The molecule has 0 fully saturated rings. The summed E-state index contributed by atoms with van der Waals surface area (Å²) >= 11 is 5.47. The first-order valence-corrected chi connectivity index (χ1v) is 6.69. The van der Waals surface area contributed by atoms with Crippen LogP contribution in [0.1, 0.15) is 5.56 Å². The van der Waals surface area contributed by atoms with Crippen LogP contribution in [0.5, 0.6) is 0 Å². The van der Waals surface area contributed by atoms with Crippen molar-refractivity contribution in [3.63, 3.8) is 0 Å². The maximum atomic E-state index is 12.7. The Bertz CT molecular complexity index is 694. The lowest BCUT2D eigenvalue weighted by Gasteiger charge is -2.12. The smallest absolute Gasteiger partial charge is 0.334 e. The molecule has 0 heterocycles. The lowest BCUT2D eigenvalue weighted by atomic mass is 10.2. The van der Waals surface area contributed by atoms with E-state index in [1.54, 1.807) is 0 Å². The maximum absolute atomic E-state index is 12.7.